The normalized spacial score (nSPS) is 19.8. The number of hydrogen-bond acceptors (Lipinski definition) is 10. The number of halogens is 1. The molecule has 13 nitrogen and oxygen atoms in total. The van der Waals surface area contributed by atoms with E-state index in [4.69, 9.17) is 25.7 Å². The van der Waals surface area contributed by atoms with Gasteiger partial charge in [0.1, 0.15) is 11.3 Å². The lowest BCUT2D eigenvalue weighted by Gasteiger charge is -2.26. The van der Waals surface area contributed by atoms with Crippen LogP contribution in [-0.2, 0) is 25.4 Å². The fourth-order valence-corrected chi connectivity index (χ4v) is 5.08. The second-order valence-corrected chi connectivity index (χ2v) is 11.0. The number of phosphoric acid groups is 1. The number of ether oxygens (including phenoxy) is 1. The molecule has 220 valence electrons. The van der Waals surface area contributed by atoms with Crippen LogP contribution < -0.4 is 9.05 Å². The van der Waals surface area contributed by atoms with Gasteiger partial charge in [0.25, 0.3) is 5.91 Å². The number of amides is 1. The smallest absolute Gasteiger partial charge is 0.462 e. The van der Waals surface area contributed by atoms with Gasteiger partial charge in [0.2, 0.25) is 0 Å². The molecule has 0 aliphatic carbocycles. The first kappa shape index (κ1) is 32.0. The number of hydrogen-bond donors (Lipinski definition) is 4. The molecule has 1 amide bonds. The molecule has 2 aliphatic heterocycles. The zero-order valence-electron chi connectivity index (χ0n) is 21.5. The number of likely N-dealkylation sites (tertiary alicyclic amines) is 1. The van der Waals surface area contributed by atoms with Crippen molar-refractivity contribution in [3.8, 4) is 11.5 Å². The van der Waals surface area contributed by atoms with Gasteiger partial charge in [-0.2, -0.15) is 0 Å². The second kappa shape index (κ2) is 15.5. The largest absolute Gasteiger partial charge is 0.524 e. The van der Waals surface area contributed by atoms with E-state index in [1.165, 1.54) is 0 Å². The molecular weight excluding hydrogens is 590 g/mol. The third-order valence-electron chi connectivity index (χ3n) is 5.82. The van der Waals surface area contributed by atoms with Crippen LogP contribution in [-0.4, -0.2) is 68.4 Å². The molecule has 0 spiro atoms. The van der Waals surface area contributed by atoms with Crippen LogP contribution in [0, 0.1) is 0 Å². The molecule has 1 fully saturated rings. The minimum atomic E-state index is -5.13. The molecule has 0 atom stereocenters. The van der Waals surface area contributed by atoms with Gasteiger partial charge in [-0.1, -0.05) is 35.0 Å². The Morgan fingerprint density at radius 3 is 2.50 bits per heavy atom. The summed E-state index contributed by atoms with van der Waals surface area (Å²) in [6.07, 6.45) is 11.5. The second-order valence-electron chi connectivity index (χ2n) is 8.82. The first-order valence-corrected chi connectivity index (χ1v) is 15.5. The number of carbonyl (C=O) groups excluding carboxylic acids is 2. The summed E-state index contributed by atoms with van der Waals surface area (Å²) >= 11 is 6.47. The summed E-state index contributed by atoms with van der Waals surface area (Å²) < 4.78 is 26.6. The summed E-state index contributed by atoms with van der Waals surface area (Å²) in [7, 11) is -8.20. The minimum Gasteiger partial charge on any atom is -0.462 e. The van der Waals surface area contributed by atoms with Crippen molar-refractivity contribution in [2.75, 3.05) is 26.3 Å². The van der Waals surface area contributed by atoms with E-state index in [-0.39, 0.29) is 47.4 Å². The number of carbonyl (C=O) groups is 2. The number of benzene rings is 1. The Kier molecular flexibility index (Phi) is 12.4. The Hall–Kier alpha value is -2.50. The third kappa shape index (κ3) is 10.2. The average Bonchev–Trinajstić information content (AvgIpc) is 2.88. The third-order valence-corrected chi connectivity index (χ3v) is 7.03. The molecule has 1 aromatic rings. The number of oxime groups is 1. The quantitative estimate of drug-likeness (QED) is 0.150. The number of rotatable bonds is 7. The van der Waals surface area contributed by atoms with Gasteiger partial charge in [-0.15, -0.1) is 0 Å². The van der Waals surface area contributed by atoms with Gasteiger partial charge in [-0.25, -0.2) is 9.36 Å². The maximum Gasteiger partial charge on any atom is 0.524 e. The van der Waals surface area contributed by atoms with Gasteiger partial charge in [-0.3, -0.25) is 14.6 Å². The number of allylic oxidation sites excluding steroid dienone is 3. The minimum absolute atomic E-state index is 0.0158. The summed E-state index contributed by atoms with van der Waals surface area (Å²) in [5.74, 6) is -2.24. The van der Waals surface area contributed by atoms with Crippen molar-refractivity contribution in [1.82, 2.24) is 4.90 Å². The first-order chi connectivity index (χ1) is 19.0. The van der Waals surface area contributed by atoms with Crippen LogP contribution in [0.3, 0.4) is 0 Å². The first-order valence-electron chi connectivity index (χ1n) is 12.5. The molecule has 1 saturated heterocycles. The van der Waals surface area contributed by atoms with Crippen molar-refractivity contribution < 1.29 is 52.3 Å². The van der Waals surface area contributed by atoms with Crippen molar-refractivity contribution in [2.45, 2.75) is 44.9 Å². The van der Waals surface area contributed by atoms with Crippen LogP contribution in [0.1, 0.15) is 54.4 Å². The summed E-state index contributed by atoms with van der Waals surface area (Å²) in [5.41, 5.74) is -0.227. The van der Waals surface area contributed by atoms with E-state index in [9.17, 15) is 33.7 Å². The molecule has 16 heteroatoms. The summed E-state index contributed by atoms with van der Waals surface area (Å²) in [6.45, 7) is 0.942. The molecule has 3 rings (SSSR count). The highest BCUT2D eigenvalue weighted by molar-refractivity contribution is 7.46. The van der Waals surface area contributed by atoms with Crippen LogP contribution in [0.2, 0.25) is 5.02 Å². The Balaban J connectivity index is 2.04. The zero-order valence-corrected chi connectivity index (χ0v) is 24.0. The molecule has 0 bridgehead atoms. The van der Waals surface area contributed by atoms with Crippen molar-refractivity contribution in [2.24, 2.45) is 5.16 Å². The lowest BCUT2D eigenvalue weighted by atomic mass is 9.99. The predicted molar refractivity (Wildman–Crippen MR) is 146 cm³/mol. The molecule has 0 saturated carbocycles. The van der Waals surface area contributed by atoms with Gasteiger partial charge >= 0.3 is 22.4 Å². The highest BCUT2D eigenvalue weighted by Gasteiger charge is 2.30. The molecule has 0 radical (unpaired) electrons. The molecule has 2 heterocycles. The van der Waals surface area contributed by atoms with E-state index in [2.05, 4.69) is 9.68 Å². The number of esters is 1. The van der Waals surface area contributed by atoms with E-state index >= 15 is 0 Å². The monoisotopic (exact) mass is 620 g/mol. The lowest BCUT2D eigenvalue weighted by Crippen LogP contribution is -2.37. The molecule has 0 aromatic heterocycles. The number of piperidine rings is 1. The number of cyclic esters (lactones) is 1. The van der Waals surface area contributed by atoms with Crippen molar-refractivity contribution in [3.63, 3.8) is 0 Å². The van der Waals surface area contributed by atoms with Crippen LogP contribution in [0.5, 0.6) is 11.5 Å². The summed E-state index contributed by atoms with van der Waals surface area (Å²) in [4.78, 5) is 70.4. The van der Waals surface area contributed by atoms with E-state index in [1.54, 1.807) is 17.1 Å². The Labute approximate surface area is 237 Å². The molecule has 40 heavy (non-hydrogen) atoms. The molecule has 0 unspecified atom stereocenters. The lowest BCUT2D eigenvalue weighted by molar-refractivity contribution is -0.137. The summed E-state index contributed by atoms with van der Waals surface area (Å²) in [5, 5.41) is 3.70. The van der Waals surface area contributed by atoms with Gasteiger partial charge in [-0.05, 0) is 50.2 Å². The Morgan fingerprint density at radius 1 is 1.10 bits per heavy atom. The van der Waals surface area contributed by atoms with Crippen LogP contribution in [0.25, 0.3) is 0 Å². The molecule has 4 N–H and O–H groups in total. The molecular formula is C24H31ClN2O11P2. The van der Waals surface area contributed by atoms with E-state index in [1.807, 2.05) is 12.2 Å². The average molecular weight is 621 g/mol. The van der Waals surface area contributed by atoms with E-state index < -0.39 is 33.9 Å². The van der Waals surface area contributed by atoms with Crippen LogP contribution in [0.4, 0.5) is 0 Å². The maximum atomic E-state index is 13.1. The standard InChI is InChI=1S/C24H31ClN2O11P2/c25-23-18-14-17(26-36-16-21(28)27-11-7-5-8-12-27)10-6-3-1-2-4-9-13-35-24(29)22(18)19(37-39(30)31)15-20(23)38-40(32,33)34/h2,4,6,10,15,30-31H,1,3,5,7-9,11-14,16H2,(H2,32,33,34)/b4-2+,10-6+,26-17+. The van der Waals surface area contributed by atoms with E-state index in [0.29, 0.717) is 32.4 Å². The maximum absolute atomic E-state index is 13.1. The number of fused-ring (bicyclic) bond motifs is 1. The van der Waals surface area contributed by atoms with Gasteiger partial charge in [0.05, 0.1) is 17.3 Å². The van der Waals surface area contributed by atoms with Crippen molar-refractivity contribution in [1.29, 1.82) is 0 Å². The highest BCUT2D eigenvalue weighted by Crippen LogP contribution is 2.47. The Bertz CT molecular complexity index is 1190. The van der Waals surface area contributed by atoms with Gasteiger partial charge < -0.3 is 33.3 Å². The van der Waals surface area contributed by atoms with Crippen LogP contribution in [0.15, 0.2) is 35.5 Å². The highest BCUT2D eigenvalue weighted by atomic mass is 35.5. The zero-order chi connectivity index (χ0) is 29.1. The topological polar surface area (TPSA) is 185 Å². The SMILES string of the molecule is O=C1OCC/C=C/CC/C=C/C(=N\OCC(=O)N2CCCCC2)Cc2c(Cl)c(OP(=O)(O)O)cc(OP(O)O)c21. The summed E-state index contributed by atoms with van der Waals surface area (Å²) in [6, 6.07) is 0.854. The number of nitrogens with zero attached hydrogens (tertiary/aromatic N) is 2. The number of phosphoric ester groups is 1. The Morgan fingerprint density at radius 2 is 1.80 bits per heavy atom. The molecule has 1 aromatic carbocycles. The predicted octanol–water partition coefficient (Wildman–Crippen LogP) is 3.78. The fraction of sp³-hybridized carbons (Fsp3) is 0.458. The van der Waals surface area contributed by atoms with Gasteiger partial charge in [0, 0.05) is 25.6 Å². The fourth-order valence-electron chi connectivity index (χ4n) is 4.05. The molecule has 2 aliphatic rings. The van der Waals surface area contributed by atoms with Crippen LogP contribution >= 0.6 is 28.0 Å². The van der Waals surface area contributed by atoms with Gasteiger partial charge in [0.15, 0.2) is 12.4 Å². The van der Waals surface area contributed by atoms with Crippen molar-refractivity contribution in [3.05, 3.63) is 46.5 Å². The van der Waals surface area contributed by atoms with E-state index in [0.717, 1.165) is 25.3 Å². The van der Waals surface area contributed by atoms with Crippen molar-refractivity contribution >= 4 is 45.6 Å².